The van der Waals surface area contributed by atoms with Gasteiger partial charge < -0.3 is 15.8 Å². The second-order valence-electron chi connectivity index (χ2n) is 5.06. The van der Waals surface area contributed by atoms with Crippen molar-refractivity contribution in [2.45, 2.75) is 31.0 Å². The van der Waals surface area contributed by atoms with E-state index in [1.54, 1.807) is 24.0 Å². The van der Waals surface area contributed by atoms with Crippen LogP contribution in [0.25, 0.3) is 0 Å². The molecule has 3 rings (SSSR count). The molecule has 1 aliphatic heterocycles. The maximum absolute atomic E-state index is 12.1. The van der Waals surface area contributed by atoms with Crippen molar-refractivity contribution >= 4 is 5.91 Å². The Morgan fingerprint density at radius 3 is 3.22 bits per heavy atom. The molecule has 18 heavy (non-hydrogen) atoms. The van der Waals surface area contributed by atoms with Crippen molar-refractivity contribution in [2.24, 2.45) is 18.7 Å². The van der Waals surface area contributed by atoms with Gasteiger partial charge in [0.05, 0.1) is 12.1 Å². The number of nitrogens with zero attached hydrogens (tertiary/aromatic N) is 2. The van der Waals surface area contributed by atoms with E-state index in [-0.39, 0.29) is 24.1 Å². The first-order valence-electron chi connectivity index (χ1n) is 6.34. The van der Waals surface area contributed by atoms with Gasteiger partial charge in [-0.15, -0.1) is 0 Å². The molecule has 1 saturated carbocycles. The highest BCUT2D eigenvalue weighted by Gasteiger charge is 2.51. The van der Waals surface area contributed by atoms with Gasteiger partial charge in [0.25, 0.3) is 5.91 Å². The predicted molar refractivity (Wildman–Crippen MR) is 64.9 cm³/mol. The Morgan fingerprint density at radius 2 is 2.50 bits per heavy atom. The zero-order chi connectivity index (χ0) is 12.7. The molecular formula is C12H18N4O2. The average Bonchev–Trinajstić information content (AvgIpc) is 2.81. The molecule has 1 aliphatic carbocycles. The molecule has 0 radical (unpaired) electrons. The van der Waals surface area contributed by atoms with Crippen LogP contribution in [0.2, 0.25) is 0 Å². The molecule has 2 fully saturated rings. The average molecular weight is 250 g/mol. The summed E-state index contributed by atoms with van der Waals surface area (Å²) >= 11 is 0. The fourth-order valence-electron chi connectivity index (χ4n) is 2.95. The topological polar surface area (TPSA) is 82.2 Å². The van der Waals surface area contributed by atoms with Gasteiger partial charge in [-0.2, -0.15) is 5.10 Å². The molecule has 2 aliphatic rings. The van der Waals surface area contributed by atoms with Crippen molar-refractivity contribution in [3.8, 4) is 0 Å². The molecule has 2 heterocycles. The predicted octanol–water partition coefficient (Wildman–Crippen LogP) is -0.345. The Balaban J connectivity index is 1.67. The molecular weight excluding hydrogens is 232 g/mol. The summed E-state index contributed by atoms with van der Waals surface area (Å²) in [5.41, 5.74) is 6.64. The molecule has 4 atom stereocenters. The lowest BCUT2D eigenvalue weighted by Gasteiger charge is -2.52. The van der Waals surface area contributed by atoms with Gasteiger partial charge >= 0.3 is 0 Å². The number of amides is 1. The van der Waals surface area contributed by atoms with Gasteiger partial charge in [0.1, 0.15) is 5.69 Å². The fourth-order valence-corrected chi connectivity index (χ4v) is 2.95. The molecule has 0 aromatic carbocycles. The Kier molecular flexibility index (Phi) is 2.83. The highest BCUT2D eigenvalue weighted by Crippen LogP contribution is 2.37. The van der Waals surface area contributed by atoms with Crippen molar-refractivity contribution in [1.29, 1.82) is 0 Å². The molecule has 1 saturated heterocycles. The summed E-state index contributed by atoms with van der Waals surface area (Å²) in [6, 6.07) is 1.63. The molecule has 1 aromatic heterocycles. The number of hydrogen-bond acceptors (Lipinski definition) is 4. The summed E-state index contributed by atoms with van der Waals surface area (Å²) in [5.74, 6) is 0.263. The summed E-state index contributed by atoms with van der Waals surface area (Å²) in [5, 5.41) is 6.94. The van der Waals surface area contributed by atoms with Crippen LogP contribution in [0, 0.1) is 5.92 Å². The van der Waals surface area contributed by atoms with Crippen LogP contribution in [-0.4, -0.2) is 40.5 Å². The number of rotatable bonds is 2. The van der Waals surface area contributed by atoms with Gasteiger partial charge in [-0.1, -0.05) is 0 Å². The standard InChI is InChI=1S/C12H18N4O2/c1-16-8(4-5-14-16)12(17)15-10-9(13)7-3-2-6-18-11(7)10/h4-5,7,9-11H,2-3,6,13H2,1H3,(H,15,17). The highest BCUT2D eigenvalue weighted by molar-refractivity contribution is 5.92. The number of carbonyl (C=O) groups excluding carboxylic acids is 1. The Morgan fingerprint density at radius 1 is 1.67 bits per heavy atom. The molecule has 6 heteroatoms. The Labute approximate surface area is 105 Å². The fraction of sp³-hybridized carbons (Fsp3) is 0.667. The quantitative estimate of drug-likeness (QED) is 0.752. The summed E-state index contributed by atoms with van der Waals surface area (Å²) in [6.45, 7) is 0.770. The lowest BCUT2D eigenvalue weighted by molar-refractivity contribution is -0.117. The zero-order valence-electron chi connectivity index (χ0n) is 10.4. The first kappa shape index (κ1) is 11.7. The number of aromatic nitrogens is 2. The second-order valence-corrected chi connectivity index (χ2v) is 5.06. The first-order valence-corrected chi connectivity index (χ1v) is 6.34. The minimum absolute atomic E-state index is 0.00692. The van der Waals surface area contributed by atoms with E-state index in [0.717, 1.165) is 19.4 Å². The lowest BCUT2D eigenvalue weighted by atomic mass is 9.68. The normalized spacial score (nSPS) is 34.6. The smallest absolute Gasteiger partial charge is 0.269 e. The van der Waals surface area contributed by atoms with Gasteiger partial charge in [0.2, 0.25) is 0 Å². The number of nitrogens with two attached hydrogens (primary N) is 1. The summed E-state index contributed by atoms with van der Waals surface area (Å²) < 4.78 is 7.25. The van der Waals surface area contributed by atoms with E-state index < -0.39 is 0 Å². The van der Waals surface area contributed by atoms with Crippen molar-refractivity contribution in [1.82, 2.24) is 15.1 Å². The van der Waals surface area contributed by atoms with E-state index in [1.807, 2.05) is 0 Å². The van der Waals surface area contributed by atoms with Crippen LogP contribution in [0.3, 0.4) is 0 Å². The number of carbonyl (C=O) groups is 1. The maximum Gasteiger partial charge on any atom is 0.269 e. The molecule has 6 nitrogen and oxygen atoms in total. The number of fused-ring (bicyclic) bond motifs is 1. The van der Waals surface area contributed by atoms with Gasteiger partial charge in [0.15, 0.2) is 0 Å². The van der Waals surface area contributed by atoms with Crippen LogP contribution in [0.4, 0.5) is 0 Å². The van der Waals surface area contributed by atoms with Gasteiger partial charge in [0, 0.05) is 31.8 Å². The lowest BCUT2D eigenvalue weighted by Crippen LogP contribution is -2.72. The number of ether oxygens (including phenoxy) is 1. The van der Waals surface area contributed by atoms with E-state index in [2.05, 4.69) is 10.4 Å². The molecule has 0 bridgehead atoms. The van der Waals surface area contributed by atoms with Crippen molar-refractivity contribution < 1.29 is 9.53 Å². The summed E-state index contributed by atoms with van der Waals surface area (Å²) in [7, 11) is 1.75. The van der Waals surface area contributed by atoms with E-state index in [1.165, 1.54) is 0 Å². The molecule has 1 aromatic rings. The van der Waals surface area contributed by atoms with Gasteiger partial charge in [-0.3, -0.25) is 9.48 Å². The molecule has 98 valence electrons. The van der Waals surface area contributed by atoms with Crippen molar-refractivity contribution in [3.63, 3.8) is 0 Å². The minimum Gasteiger partial charge on any atom is -0.376 e. The monoisotopic (exact) mass is 250 g/mol. The third-order valence-corrected chi connectivity index (χ3v) is 4.03. The molecule has 4 unspecified atom stereocenters. The van der Waals surface area contributed by atoms with Crippen LogP contribution in [0.5, 0.6) is 0 Å². The van der Waals surface area contributed by atoms with Crippen molar-refractivity contribution in [3.05, 3.63) is 18.0 Å². The zero-order valence-corrected chi connectivity index (χ0v) is 10.4. The summed E-state index contributed by atoms with van der Waals surface area (Å²) in [4.78, 5) is 12.1. The third kappa shape index (κ3) is 1.72. The number of nitrogens with one attached hydrogen (secondary N) is 1. The van der Waals surface area contributed by atoms with Crippen LogP contribution < -0.4 is 11.1 Å². The van der Waals surface area contributed by atoms with Crippen LogP contribution in [0.15, 0.2) is 12.3 Å². The van der Waals surface area contributed by atoms with E-state index in [4.69, 9.17) is 10.5 Å². The van der Waals surface area contributed by atoms with Crippen LogP contribution in [-0.2, 0) is 11.8 Å². The van der Waals surface area contributed by atoms with E-state index >= 15 is 0 Å². The van der Waals surface area contributed by atoms with Gasteiger partial charge in [-0.05, 0) is 18.9 Å². The van der Waals surface area contributed by atoms with Crippen LogP contribution in [0.1, 0.15) is 23.3 Å². The number of hydrogen-bond donors (Lipinski definition) is 2. The maximum atomic E-state index is 12.1. The molecule has 1 amide bonds. The Bertz CT molecular complexity index is 459. The SMILES string of the molecule is Cn1nccc1C(=O)NC1C(N)C2CCCOC21. The molecule has 0 spiro atoms. The molecule has 3 N–H and O–H groups in total. The first-order chi connectivity index (χ1) is 8.68. The second kappa shape index (κ2) is 4.37. The minimum atomic E-state index is -0.136. The Hall–Kier alpha value is -1.40. The highest BCUT2D eigenvalue weighted by atomic mass is 16.5. The van der Waals surface area contributed by atoms with Gasteiger partial charge in [-0.25, -0.2) is 0 Å². The third-order valence-electron chi connectivity index (χ3n) is 4.03. The largest absolute Gasteiger partial charge is 0.376 e. The van der Waals surface area contributed by atoms with Crippen LogP contribution >= 0.6 is 0 Å². The van der Waals surface area contributed by atoms with E-state index in [0.29, 0.717) is 11.6 Å². The summed E-state index contributed by atoms with van der Waals surface area (Å²) in [6.07, 6.45) is 3.86. The van der Waals surface area contributed by atoms with Crippen molar-refractivity contribution in [2.75, 3.05) is 6.61 Å². The number of aryl methyl sites for hydroxylation is 1. The van der Waals surface area contributed by atoms with E-state index in [9.17, 15) is 4.79 Å².